The van der Waals surface area contributed by atoms with Crippen LogP contribution in [-0.2, 0) is 30.4 Å². The van der Waals surface area contributed by atoms with Crippen molar-refractivity contribution in [1.29, 1.82) is 0 Å². The van der Waals surface area contributed by atoms with Gasteiger partial charge in [-0.2, -0.15) is 40.2 Å². The normalized spacial score (nSPS) is 14.1. The van der Waals surface area contributed by atoms with Crippen molar-refractivity contribution in [1.82, 2.24) is 15.0 Å². The average Bonchev–Trinajstić information content (AvgIpc) is 3.21. The molecular formula is C37H29N8O12S3+. The Morgan fingerprint density at radius 1 is 0.717 bits per heavy atom. The van der Waals surface area contributed by atoms with E-state index in [1.54, 1.807) is 19.0 Å². The van der Waals surface area contributed by atoms with Crippen molar-refractivity contribution in [3.05, 3.63) is 131 Å². The van der Waals surface area contributed by atoms with Crippen LogP contribution in [0, 0.1) is 0 Å². The smallest absolute Gasteiger partial charge is 0.433 e. The van der Waals surface area contributed by atoms with Crippen LogP contribution in [0.3, 0.4) is 0 Å². The Balaban J connectivity index is 1.32. The van der Waals surface area contributed by atoms with Crippen molar-refractivity contribution >= 4 is 93.6 Å². The lowest BCUT2D eigenvalue weighted by molar-refractivity contribution is -0.0759. The number of rotatable bonds is 9. The molecule has 5 N–H and O–H groups in total. The molecule has 306 valence electrons. The van der Waals surface area contributed by atoms with E-state index in [1.807, 2.05) is 30.3 Å². The monoisotopic (exact) mass is 873 g/mol. The first-order valence-electron chi connectivity index (χ1n) is 17.0. The summed E-state index contributed by atoms with van der Waals surface area (Å²) in [5, 5.41) is 22.0. The molecule has 0 spiro atoms. The number of aliphatic hydroxyl groups excluding tert-OH is 1. The second kappa shape index (κ2) is 15.2. The van der Waals surface area contributed by atoms with Crippen LogP contribution >= 0.6 is 0 Å². The van der Waals surface area contributed by atoms with Crippen molar-refractivity contribution in [2.24, 2.45) is 5.11 Å². The maximum absolute atomic E-state index is 13.9. The molecule has 0 unspecified atom stereocenters. The number of aromatic nitrogens is 3. The summed E-state index contributed by atoms with van der Waals surface area (Å²) in [6, 6.07) is 18.5. The van der Waals surface area contributed by atoms with Crippen molar-refractivity contribution in [2.45, 2.75) is 9.79 Å². The number of aliphatic hydroxyl groups is 2. The van der Waals surface area contributed by atoms with Gasteiger partial charge >= 0.3 is 15.8 Å². The minimum atomic E-state index is -5.22. The van der Waals surface area contributed by atoms with Gasteiger partial charge in [-0.05, 0) is 66.3 Å². The number of carbonyl (C=O) groups excluding carboxylic acids is 1. The highest BCUT2D eigenvalue weighted by atomic mass is 32.2. The predicted molar refractivity (Wildman–Crippen MR) is 217 cm³/mol. The Morgan fingerprint density at radius 3 is 1.97 bits per heavy atom. The zero-order valence-electron chi connectivity index (χ0n) is 30.8. The minimum Gasteiger partial charge on any atom is -0.481 e. The van der Waals surface area contributed by atoms with Gasteiger partial charge in [0.2, 0.25) is 17.8 Å². The van der Waals surface area contributed by atoms with Gasteiger partial charge in [-0.3, -0.25) is 23.4 Å². The first kappa shape index (κ1) is 41.1. The third-order valence-corrected chi connectivity index (χ3v) is 11.8. The molecule has 0 atom stereocenters. The molecule has 2 heterocycles. The Labute approximate surface area is 340 Å². The van der Waals surface area contributed by atoms with E-state index in [4.69, 9.17) is 0 Å². The summed E-state index contributed by atoms with van der Waals surface area (Å²) in [6.07, 6.45) is 6.77. The van der Waals surface area contributed by atoms with Gasteiger partial charge in [-0.1, -0.05) is 36.4 Å². The summed E-state index contributed by atoms with van der Waals surface area (Å²) < 4.78 is 104. The fourth-order valence-electron chi connectivity index (χ4n) is 6.14. The summed E-state index contributed by atoms with van der Waals surface area (Å²) in [5.41, 5.74) is -0.506. The van der Waals surface area contributed by atoms with Crippen molar-refractivity contribution in [2.75, 3.05) is 28.8 Å². The molecule has 1 aromatic heterocycles. The minimum absolute atomic E-state index is 0.000992. The van der Waals surface area contributed by atoms with Crippen LogP contribution in [0.4, 0.5) is 34.9 Å². The van der Waals surface area contributed by atoms with Crippen LogP contribution in [0.15, 0.2) is 135 Å². The molecule has 23 heteroatoms. The Kier molecular flexibility index (Phi) is 10.4. The molecule has 5 aromatic rings. The van der Waals surface area contributed by atoms with Gasteiger partial charge in [0, 0.05) is 54.2 Å². The number of hydrogen-bond acceptors (Lipinski definition) is 16. The summed E-state index contributed by atoms with van der Waals surface area (Å²) in [6.45, 7) is 0. The fourth-order valence-corrected chi connectivity index (χ4v) is 8.33. The van der Waals surface area contributed by atoms with E-state index in [2.05, 4.69) is 24.9 Å². The fraction of sp³-hybridized carbons (Fsp3) is 0.0541. The zero-order chi connectivity index (χ0) is 43.3. The first-order valence-corrected chi connectivity index (χ1v) is 21.3. The molecule has 1 aliphatic heterocycles. The van der Waals surface area contributed by atoms with Gasteiger partial charge in [0.05, 0.1) is 10.4 Å². The second-order valence-electron chi connectivity index (χ2n) is 12.9. The van der Waals surface area contributed by atoms with E-state index in [9.17, 15) is 53.9 Å². The number of anilines is 5. The number of carbonyl (C=O) groups is 1. The molecule has 0 saturated carbocycles. The molecule has 0 amide bonds. The van der Waals surface area contributed by atoms with E-state index >= 15 is 0 Å². The van der Waals surface area contributed by atoms with Crippen LogP contribution in [0.5, 0.6) is 0 Å². The summed E-state index contributed by atoms with van der Waals surface area (Å²) in [4.78, 5) is 33.4. The number of allylic oxidation sites excluding steroid dienone is 4. The zero-order valence-corrected chi connectivity index (χ0v) is 33.2. The number of fused-ring (bicyclic) bond motifs is 2. The molecule has 60 heavy (non-hydrogen) atoms. The molecule has 0 bridgehead atoms. The molecule has 1 aliphatic carbocycles. The Bertz CT molecular complexity index is 3180. The highest BCUT2D eigenvalue weighted by molar-refractivity contribution is 7.91. The SMILES string of the molecule is CN(c1ccccc1)c1nc(N2C=CC(=C(O)O)C=C2)nc(N(C)c2ccc3c(c2)C=C(S(=O)(=O)O)C(=[N+]=Nc2ccc4c(S(=O)(=O)O)cccc4c2S(=O)(=O)O)C3=O)n1. The Hall–Kier alpha value is -7.11. The number of Topliss-reactive ketones (excluding diaryl/α,β-unsaturated/α-hetero) is 1. The number of nitrogens with zero attached hydrogens (tertiary/aromatic N) is 8. The van der Waals surface area contributed by atoms with Crippen molar-refractivity contribution in [3.8, 4) is 0 Å². The molecule has 4 aromatic carbocycles. The van der Waals surface area contributed by atoms with E-state index in [0.29, 0.717) is 5.69 Å². The van der Waals surface area contributed by atoms with Gasteiger partial charge in [0.1, 0.15) is 14.9 Å². The standard InChI is InChI=1S/C37H28N8O12S3/c1-43(23-7-4-3-5-8-23)35-38-36(40-37(39-35)45-17-15-21(16-18-45)34(47)48)44(2)24-11-12-25-22(19-24)20-30(59(52,53)54)31(32(25)46)42-41-28-14-13-26-27(33(28)60(55,56)57)9-6-10-29(26)58(49,50)51/h3-20H,1-2H3,(H4-,47,48,49,50,51,52,53,54,55,56,57)/p+1. The maximum atomic E-state index is 13.9. The van der Waals surface area contributed by atoms with E-state index in [-0.39, 0.29) is 39.9 Å². The largest absolute Gasteiger partial charge is 0.481 e. The number of para-hydroxylation sites is 1. The number of hydrogen-bond donors (Lipinski definition) is 5. The lowest BCUT2D eigenvalue weighted by atomic mass is 9.94. The van der Waals surface area contributed by atoms with Gasteiger partial charge in [-0.15, -0.1) is 0 Å². The maximum Gasteiger partial charge on any atom is 0.433 e. The topological polar surface area (TPSA) is 295 Å². The number of ketones is 1. The second-order valence-corrected chi connectivity index (χ2v) is 17.0. The molecular weight excluding hydrogens is 845 g/mol. The van der Waals surface area contributed by atoms with Gasteiger partial charge in [0.15, 0.2) is 10.6 Å². The third-order valence-electron chi connectivity index (χ3n) is 9.09. The van der Waals surface area contributed by atoms with Crippen LogP contribution in [-0.4, -0.2) is 94.5 Å². The van der Waals surface area contributed by atoms with Crippen LogP contribution in [0.1, 0.15) is 15.9 Å². The van der Waals surface area contributed by atoms with Crippen LogP contribution in [0.2, 0.25) is 0 Å². The lowest BCUT2D eigenvalue weighted by Gasteiger charge is -2.25. The van der Waals surface area contributed by atoms with Crippen LogP contribution < -0.4 is 14.7 Å². The molecule has 20 nitrogen and oxygen atoms in total. The van der Waals surface area contributed by atoms with E-state index < -0.39 is 73.6 Å². The van der Waals surface area contributed by atoms with Crippen molar-refractivity contribution < 1.29 is 58.7 Å². The Morgan fingerprint density at radius 2 is 1.37 bits per heavy atom. The summed E-state index contributed by atoms with van der Waals surface area (Å²) in [5.74, 6) is -1.57. The number of benzene rings is 4. The molecule has 0 fully saturated rings. The molecule has 0 saturated heterocycles. The van der Waals surface area contributed by atoms with Gasteiger partial charge in [0.25, 0.3) is 32.0 Å². The molecule has 0 radical (unpaired) electrons. The molecule has 2 aliphatic rings. The summed E-state index contributed by atoms with van der Waals surface area (Å²) >= 11 is 0. The quantitative estimate of drug-likeness (QED) is 0.0558. The van der Waals surface area contributed by atoms with Crippen LogP contribution in [0.25, 0.3) is 16.8 Å². The van der Waals surface area contributed by atoms with Gasteiger partial charge < -0.3 is 20.0 Å². The third kappa shape index (κ3) is 7.99. The van der Waals surface area contributed by atoms with Gasteiger partial charge in [-0.25, -0.2) is 0 Å². The molecule has 7 rings (SSSR count). The average molecular weight is 874 g/mol. The highest BCUT2D eigenvalue weighted by Gasteiger charge is 2.42. The first-order chi connectivity index (χ1) is 28.2. The van der Waals surface area contributed by atoms with E-state index in [0.717, 1.165) is 42.1 Å². The van der Waals surface area contributed by atoms with Crippen molar-refractivity contribution in [3.63, 3.8) is 0 Å². The van der Waals surface area contributed by atoms with E-state index in [1.165, 1.54) is 52.6 Å². The lowest BCUT2D eigenvalue weighted by Crippen LogP contribution is -2.27. The predicted octanol–water partition coefficient (Wildman–Crippen LogP) is 5.09. The highest BCUT2D eigenvalue weighted by Crippen LogP contribution is 2.36. The summed E-state index contributed by atoms with van der Waals surface area (Å²) in [7, 11) is -12.0.